The number of hydrogen-bond donors (Lipinski definition) is 1. The van der Waals surface area contributed by atoms with Crippen LogP contribution in [-0.2, 0) is 0 Å². The highest BCUT2D eigenvalue weighted by Gasteiger charge is 2.08. The molecule has 1 aromatic carbocycles. The Kier molecular flexibility index (Phi) is 4.21. The molecule has 0 aliphatic heterocycles. The highest BCUT2D eigenvalue weighted by molar-refractivity contribution is 7.15. The van der Waals surface area contributed by atoms with Crippen LogP contribution in [-0.4, -0.2) is 13.6 Å². The van der Waals surface area contributed by atoms with E-state index in [1.807, 2.05) is 30.5 Å². The largest absolute Gasteiger partial charge is 0.319 e. The Balaban J connectivity index is 2.20. The van der Waals surface area contributed by atoms with Crippen molar-refractivity contribution >= 4 is 22.9 Å². The molecule has 0 aliphatic carbocycles. The first-order chi connectivity index (χ1) is 8.20. The molecule has 3 heteroatoms. The number of likely N-dealkylation sites (N-methyl/N-ethyl adjacent to an activating group) is 1. The van der Waals surface area contributed by atoms with E-state index in [2.05, 4.69) is 36.5 Å². The smallest absolute Gasteiger partial charge is 0.0406 e. The van der Waals surface area contributed by atoms with Crippen LogP contribution in [0.2, 0.25) is 5.02 Å². The molecule has 0 fully saturated rings. The van der Waals surface area contributed by atoms with Gasteiger partial charge in [-0.2, -0.15) is 0 Å². The van der Waals surface area contributed by atoms with Gasteiger partial charge in [0.05, 0.1) is 0 Å². The summed E-state index contributed by atoms with van der Waals surface area (Å²) in [5, 5.41) is 4.00. The maximum atomic E-state index is 5.89. The van der Waals surface area contributed by atoms with Crippen molar-refractivity contribution in [2.45, 2.75) is 12.8 Å². The van der Waals surface area contributed by atoms with E-state index in [1.54, 1.807) is 0 Å². The third kappa shape index (κ3) is 3.09. The van der Waals surface area contributed by atoms with Crippen LogP contribution in [0, 0.1) is 0 Å². The van der Waals surface area contributed by atoms with E-state index in [9.17, 15) is 0 Å². The normalized spacial score (nSPS) is 12.6. The highest BCUT2D eigenvalue weighted by atomic mass is 35.5. The molecule has 2 aromatic rings. The molecule has 1 unspecified atom stereocenters. The Morgan fingerprint density at radius 1 is 1.18 bits per heavy atom. The predicted molar refractivity (Wildman–Crippen MR) is 77.1 cm³/mol. The molecule has 0 amide bonds. The van der Waals surface area contributed by atoms with Crippen LogP contribution in [0.25, 0.3) is 10.4 Å². The molecule has 1 aromatic heterocycles. The minimum Gasteiger partial charge on any atom is -0.319 e. The lowest BCUT2D eigenvalue weighted by Crippen LogP contribution is -2.13. The van der Waals surface area contributed by atoms with Gasteiger partial charge in [-0.1, -0.05) is 30.7 Å². The quantitative estimate of drug-likeness (QED) is 0.864. The van der Waals surface area contributed by atoms with Crippen molar-refractivity contribution < 1.29 is 0 Å². The van der Waals surface area contributed by atoms with Gasteiger partial charge in [0.15, 0.2) is 0 Å². The van der Waals surface area contributed by atoms with Crippen molar-refractivity contribution in [2.24, 2.45) is 0 Å². The van der Waals surface area contributed by atoms with E-state index in [0.29, 0.717) is 5.92 Å². The van der Waals surface area contributed by atoms with Gasteiger partial charge in [-0.15, -0.1) is 11.3 Å². The molecule has 0 bridgehead atoms. The Bertz CT molecular complexity index is 475. The summed E-state index contributed by atoms with van der Waals surface area (Å²) in [7, 11) is 1.99. The van der Waals surface area contributed by atoms with E-state index in [1.165, 1.54) is 15.3 Å². The van der Waals surface area contributed by atoms with Gasteiger partial charge in [-0.25, -0.2) is 0 Å². The van der Waals surface area contributed by atoms with E-state index < -0.39 is 0 Å². The number of nitrogens with one attached hydrogen (secondary N) is 1. The van der Waals surface area contributed by atoms with Crippen molar-refractivity contribution in [3.05, 3.63) is 46.3 Å². The Labute approximate surface area is 111 Å². The molecular weight excluding hydrogens is 250 g/mol. The van der Waals surface area contributed by atoms with Gasteiger partial charge in [0.1, 0.15) is 0 Å². The van der Waals surface area contributed by atoms with E-state index in [-0.39, 0.29) is 0 Å². The Hall–Kier alpha value is -0.830. The summed E-state index contributed by atoms with van der Waals surface area (Å²) >= 11 is 7.75. The summed E-state index contributed by atoms with van der Waals surface area (Å²) in [4.78, 5) is 2.73. The zero-order valence-electron chi connectivity index (χ0n) is 10.0. The molecule has 1 nitrogen and oxygen atoms in total. The number of hydrogen-bond acceptors (Lipinski definition) is 2. The van der Waals surface area contributed by atoms with Crippen LogP contribution in [0.3, 0.4) is 0 Å². The molecule has 1 heterocycles. The molecule has 0 aliphatic rings. The van der Waals surface area contributed by atoms with Crippen molar-refractivity contribution in [1.82, 2.24) is 5.32 Å². The summed E-state index contributed by atoms with van der Waals surface area (Å²) in [6.07, 6.45) is 0. The average Bonchev–Trinajstić information content (AvgIpc) is 2.80. The fourth-order valence-electron chi connectivity index (χ4n) is 1.79. The van der Waals surface area contributed by atoms with Gasteiger partial charge >= 0.3 is 0 Å². The molecule has 0 saturated carbocycles. The van der Waals surface area contributed by atoms with Crippen molar-refractivity contribution in [2.75, 3.05) is 13.6 Å². The molecule has 0 saturated heterocycles. The van der Waals surface area contributed by atoms with Crippen LogP contribution >= 0.6 is 22.9 Å². The lowest BCUT2D eigenvalue weighted by Gasteiger charge is -2.07. The third-order valence-corrected chi connectivity index (χ3v) is 4.37. The van der Waals surface area contributed by atoms with Crippen LogP contribution < -0.4 is 5.32 Å². The van der Waals surface area contributed by atoms with Gasteiger partial charge < -0.3 is 5.32 Å². The minimum atomic E-state index is 0.561. The van der Waals surface area contributed by atoms with Crippen molar-refractivity contribution in [3.63, 3.8) is 0 Å². The summed E-state index contributed by atoms with van der Waals surface area (Å²) in [5.74, 6) is 0.561. The van der Waals surface area contributed by atoms with E-state index in [4.69, 9.17) is 11.6 Å². The lowest BCUT2D eigenvalue weighted by molar-refractivity contribution is 0.687. The summed E-state index contributed by atoms with van der Waals surface area (Å²) in [5.41, 5.74) is 1.24. The minimum absolute atomic E-state index is 0.561. The molecule has 1 atom stereocenters. The summed E-state index contributed by atoms with van der Waals surface area (Å²) < 4.78 is 0. The van der Waals surface area contributed by atoms with Crippen LogP contribution in [0.15, 0.2) is 36.4 Å². The fraction of sp³-hybridized carbons (Fsp3) is 0.286. The van der Waals surface area contributed by atoms with Crippen molar-refractivity contribution in [1.29, 1.82) is 0 Å². The fourth-order valence-corrected chi connectivity index (χ4v) is 2.98. The highest BCUT2D eigenvalue weighted by Crippen LogP contribution is 2.32. The number of rotatable bonds is 4. The molecule has 0 spiro atoms. The zero-order valence-corrected chi connectivity index (χ0v) is 11.6. The van der Waals surface area contributed by atoms with Gasteiger partial charge in [0.2, 0.25) is 0 Å². The standard InChI is InChI=1S/C14H16ClNS/c1-10(9-16-2)13-7-8-14(17-13)11-3-5-12(15)6-4-11/h3-8,10,16H,9H2,1-2H3. The molecular formula is C14H16ClNS. The topological polar surface area (TPSA) is 12.0 Å². The van der Waals surface area contributed by atoms with Crippen LogP contribution in [0.1, 0.15) is 17.7 Å². The maximum Gasteiger partial charge on any atom is 0.0406 e. The Morgan fingerprint density at radius 2 is 1.88 bits per heavy atom. The SMILES string of the molecule is CNCC(C)c1ccc(-c2ccc(Cl)cc2)s1. The first kappa shape index (κ1) is 12.6. The van der Waals surface area contributed by atoms with E-state index >= 15 is 0 Å². The zero-order chi connectivity index (χ0) is 12.3. The van der Waals surface area contributed by atoms with Gasteiger partial charge in [-0.3, -0.25) is 0 Å². The first-order valence-electron chi connectivity index (χ1n) is 5.71. The van der Waals surface area contributed by atoms with Gasteiger partial charge in [0.25, 0.3) is 0 Å². The third-order valence-electron chi connectivity index (χ3n) is 2.75. The Morgan fingerprint density at radius 3 is 2.53 bits per heavy atom. The molecule has 17 heavy (non-hydrogen) atoms. The van der Waals surface area contributed by atoms with E-state index in [0.717, 1.165) is 11.6 Å². The number of benzene rings is 1. The molecule has 90 valence electrons. The maximum absolute atomic E-state index is 5.89. The van der Waals surface area contributed by atoms with Gasteiger partial charge in [0, 0.05) is 27.2 Å². The second-order valence-electron chi connectivity index (χ2n) is 4.17. The summed E-state index contributed by atoms with van der Waals surface area (Å²) in [6, 6.07) is 12.4. The van der Waals surface area contributed by atoms with Crippen LogP contribution in [0.5, 0.6) is 0 Å². The number of thiophene rings is 1. The average molecular weight is 266 g/mol. The predicted octanol–water partition coefficient (Wildman–Crippen LogP) is 4.39. The van der Waals surface area contributed by atoms with Gasteiger partial charge in [-0.05, 0) is 36.9 Å². The molecule has 2 rings (SSSR count). The lowest BCUT2D eigenvalue weighted by atomic mass is 10.1. The van der Waals surface area contributed by atoms with Crippen LogP contribution in [0.4, 0.5) is 0 Å². The molecule has 1 N–H and O–H groups in total. The first-order valence-corrected chi connectivity index (χ1v) is 6.90. The summed E-state index contributed by atoms with van der Waals surface area (Å²) in [6.45, 7) is 3.26. The number of halogens is 1. The second kappa shape index (κ2) is 5.67. The second-order valence-corrected chi connectivity index (χ2v) is 5.72. The monoisotopic (exact) mass is 265 g/mol. The molecule has 0 radical (unpaired) electrons. The van der Waals surface area contributed by atoms with Crippen molar-refractivity contribution in [3.8, 4) is 10.4 Å².